The highest BCUT2D eigenvalue weighted by molar-refractivity contribution is 7.13. The molecule has 3 aromatic rings. The Bertz CT molecular complexity index is 1020. The van der Waals surface area contributed by atoms with Crippen molar-refractivity contribution in [1.82, 2.24) is 20.2 Å². The molecule has 3 fully saturated rings. The molecule has 1 unspecified atom stereocenters. The second-order valence-electron chi connectivity index (χ2n) is 8.32. The molecule has 0 saturated carbocycles. The van der Waals surface area contributed by atoms with Crippen LogP contribution in [0.5, 0.6) is 0 Å². The first-order valence-electron chi connectivity index (χ1n) is 10.6. The van der Waals surface area contributed by atoms with E-state index >= 15 is 0 Å². The van der Waals surface area contributed by atoms with Crippen molar-refractivity contribution in [3.05, 3.63) is 71.0 Å². The molecule has 6 heteroatoms. The van der Waals surface area contributed by atoms with Crippen molar-refractivity contribution in [3.8, 4) is 10.6 Å². The second kappa shape index (κ2) is 8.28. The summed E-state index contributed by atoms with van der Waals surface area (Å²) in [7, 11) is 0. The number of aryl methyl sites for hydroxylation is 1. The maximum Gasteiger partial charge on any atom is 0.251 e. The van der Waals surface area contributed by atoms with Crippen LogP contribution in [0.1, 0.15) is 40.6 Å². The topological polar surface area (TPSA) is 58.1 Å². The first kappa shape index (κ1) is 19.4. The molecule has 2 bridgehead atoms. The predicted molar refractivity (Wildman–Crippen MR) is 120 cm³/mol. The zero-order chi connectivity index (χ0) is 20.5. The number of nitrogens with zero attached hydrogens (tertiary/aromatic N) is 3. The average Bonchev–Trinajstić information content (AvgIpc) is 3.33. The number of nitrogens with one attached hydrogen (secondary N) is 1. The summed E-state index contributed by atoms with van der Waals surface area (Å²) < 4.78 is 0. The Hall–Kier alpha value is -2.57. The van der Waals surface area contributed by atoms with Gasteiger partial charge in [-0.2, -0.15) is 0 Å². The van der Waals surface area contributed by atoms with Crippen molar-refractivity contribution in [2.45, 2.75) is 31.7 Å². The zero-order valence-electron chi connectivity index (χ0n) is 17.1. The predicted octanol–water partition coefficient (Wildman–Crippen LogP) is 4.12. The summed E-state index contributed by atoms with van der Waals surface area (Å²) >= 11 is 1.72. The molecule has 5 heterocycles. The van der Waals surface area contributed by atoms with Crippen molar-refractivity contribution in [2.75, 3.05) is 19.6 Å². The molecule has 154 valence electrons. The number of carbonyl (C=O) groups is 1. The monoisotopic (exact) mass is 418 g/mol. The number of aromatic nitrogens is 2. The van der Waals surface area contributed by atoms with Crippen LogP contribution in [-0.2, 0) is 0 Å². The van der Waals surface area contributed by atoms with E-state index < -0.39 is 0 Å². The molecule has 30 heavy (non-hydrogen) atoms. The van der Waals surface area contributed by atoms with Crippen LogP contribution in [0.4, 0.5) is 0 Å². The summed E-state index contributed by atoms with van der Waals surface area (Å²) in [6.07, 6.45) is 2.31. The number of amides is 1. The molecular weight excluding hydrogens is 392 g/mol. The number of piperidine rings is 3. The van der Waals surface area contributed by atoms with Gasteiger partial charge in [0.1, 0.15) is 5.82 Å². The molecule has 1 N–H and O–H groups in total. The van der Waals surface area contributed by atoms with E-state index in [0.29, 0.717) is 24.4 Å². The SMILES string of the molecule is Cc1nc(-c2cccs2)cc([C@@H]2CN3CC[C@H]2C[C@@H]3CNC(=O)c2ccccc2)n1. The van der Waals surface area contributed by atoms with E-state index in [1.165, 1.54) is 17.0 Å². The normalized spacial score (nSPS) is 25.2. The van der Waals surface area contributed by atoms with E-state index in [-0.39, 0.29) is 5.91 Å². The number of benzene rings is 1. The fraction of sp³-hybridized carbons (Fsp3) is 0.375. The summed E-state index contributed by atoms with van der Waals surface area (Å²) in [6.45, 7) is 4.82. The van der Waals surface area contributed by atoms with Crippen molar-refractivity contribution >= 4 is 17.2 Å². The molecule has 0 radical (unpaired) electrons. The molecule has 4 atom stereocenters. The highest BCUT2D eigenvalue weighted by Crippen LogP contribution is 2.41. The lowest BCUT2D eigenvalue weighted by atomic mass is 9.74. The van der Waals surface area contributed by atoms with Gasteiger partial charge in [-0.15, -0.1) is 11.3 Å². The second-order valence-corrected chi connectivity index (χ2v) is 9.27. The Labute approximate surface area is 181 Å². The van der Waals surface area contributed by atoms with E-state index in [4.69, 9.17) is 4.98 Å². The lowest BCUT2D eigenvalue weighted by Gasteiger charge is -2.49. The number of thiophene rings is 1. The number of fused-ring (bicyclic) bond motifs is 3. The van der Waals surface area contributed by atoms with Crippen LogP contribution in [0.2, 0.25) is 0 Å². The largest absolute Gasteiger partial charge is 0.350 e. The number of hydrogen-bond donors (Lipinski definition) is 1. The summed E-state index contributed by atoms with van der Waals surface area (Å²) in [5.41, 5.74) is 2.94. The summed E-state index contributed by atoms with van der Waals surface area (Å²) in [4.78, 5) is 25.6. The molecule has 1 amide bonds. The van der Waals surface area contributed by atoms with E-state index in [1.807, 2.05) is 37.3 Å². The van der Waals surface area contributed by atoms with Gasteiger partial charge in [0.15, 0.2) is 0 Å². The van der Waals surface area contributed by atoms with Gasteiger partial charge in [-0.05, 0) is 61.9 Å². The first-order valence-corrected chi connectivity index (χ1v) is 11.5. The summed E-state index contributed by atoms with van der Waals surface area (Å²) in [5.74, 6) is 1.92. The lowest BCUT2D eigenvalue weighted by Crippen LogP contribution is -2.56. The van der Waals surface area contributed by atoms with Gasteiger partial charge in [0.2, 0.25) is 0 Å². The van der Waals surface area contributed by atoms with Gasteiger partial charge in [-0.25, -0.2) is 9.97 Å². The van der Waals surface area contributed by atoms with Gasteiger partial charge >= 0.3 is 0 Å². The Morgan fingerprint density at radius 2 is 2.07 bits per heavy atom. The summed E-state index contributed by atoms with van der Waals surface area (Å²) in [6, 6.07) is 16.3. The Morgan fingerprint density at radius 1 is 1.20 bits per heavy atom. The van der Waals surface area contributed by atoms with Crippen LogP contribution in [0, 0.1) is 12.8 Å². The minimum absolute atomic E-state index is 0.0156. The number of carbonyl (C=O) groups excluding carboxylic acids is 1. The maximum absolute atomic E-state index is 12.4. The molecule has 0 spiro atoms. The minimum atomic E-state index is 0.0156. The van der Waals surface area contributed by atoms with Crippen LogP contribution < -0.4 is 5.32 Å². The minimum Gasteiger partial charge on any atom is -0.350 e. The Balaban J connectivity index is 1.27. The molecule has 3 saturated heterocycles. The van der Waals surface area contributed by atoms with Crippen LogP contribution in [0.25, 0.3) is 10.6 Å². The van der Waals surface area contributed by atoms with Crippen LogP contribution in [0.3, 0.4) is 0 Å². The van der Waals surface area contributed by atoms with Gasteiger partial charge in [-0.3, -0.25) is 9.69 Å². The molecular formula is C24H26N4OS. The third kappa shape index (κ3) is 3.89. The third-order valence-electron chi connectivity index (χ3n) is 6.42. The highest BCUT2D eigenvalue weighted by atomic mass is 32.1. The molecule has 3 aliphatic heterocycles. The van der Waals surface area contributed by atoms with Gasteiger partial charge in [0.25, 0.3) is 5.91 Å². The number of hydrogen-bond acceptors (Lipinski definition) is 5. The van der Waals surface area contributed by atoms with Crippen LogP contribution in [0.15, 0.2) is 53.9 Å². The van der Waals surface area contributed by atoms with Crippen molar-refractivity contribution in [1.29, 1.82) is 0 Å². The molecule has 2 aromatic heterocycles. The van der Waals surface area contributed by atoms with Gasteiger partial charge in [-0.1, -0.05) is 24.3 Å². The fourth-order valence-corrected chi connectivity index (χ4v) is 5.61. The lowest BCUT2D eigenvalue weighted by molar-refractivity contribution is 0.0290. The zero-order valence-corrected chi connectivity index (χ0v) is 17.9. The Kier molecular flexibility index (Phi) is 5.35. The third-order valence-corrected chi connectivity index (χ3v) is 7.32. The van der Waals surface area contributed by atoms with E-state index in [0.717, 1.165) is 36.6 Å². The summed E-state index contributed by atoms with van der Waals surface area (Å²) in [5, 5.41) is 5.23. The average molecular weight is 419 g/mol. The Morgan fingerprint density at radius 3 is 2.80 bits per heavy atom. The fourth-order valence-electron chi connectivity index (χ4n) is 4.92. The number of rotatable bonds is 5. The van der Waals surface area contributed by atoms with Crippen molar-refractivity contribution < 1.29 is 4.79 Å². The van der Waals surface area contributed by atoms with Crippen LogP contribution >= 0.6 is 11.3 Å². The van der Waals surface area contributed by atoms with Gasteiger partial charge < -0.3 is 5.32 Å². The maximum atomic E-state index is 12.4. The molecule has 0 aliphatic carbocycles. The van der Waals surface area contributed by atoms with E-state index in [2.05, 4.69) is 38.8 Å². The van der Waals surface area contributed by atoms with Gasteiger partial charge in [0.05, 0.1) is 10.6 Å². The van der Waals surface area contributed by atoms with Crippen LogP contribution in [-0.4, -0.2) is 46.5 Å². The van der Waals surface area contributed by atoms with Crippen molar-refractivity contribution in [2.24, 2.45) is 5.92 Å². The molecule has 3 aliphatic rings. The molecule has 6 rings (SSSR count). The van der Waals surface area contributed by atoms with E-state index in [1.54, 1.807) is 11.3 Å². The van der Waals surface area contributed by atoms with Crippen molar-refractivity contribution in [3.63, 3.8) is 0 Å². The quantitative estimate of drug-likeness (QED) is 0.677. The smallest absolute Gasteiger partial charge is 0.251 e. The molecule has 1 aromatic carbocycles. The van der Waals surface area contributed by atoms with E-state index in [9.17, 15) is 4.79 Å². The van der Waals surface area contributed by atoms with Gasteiger partial charge in [0, 0.05) is 36.3 Å². The standard InChI is InChI=1S/C24H26N4OS/c1-16-26-21(13-22(27-16)23-8-5-11-30-23)20-15-28-10-9-18(20)12-19(28)14-25-24(29)17-6-3-2-4-7-17/h2-8,11,13,18-20H,9-10,12,14-15H2,1H3,(H,25,29)/t18-,19+,20+/m0/s1. The highest BCUT2D eigenvalue weighted by Gasteiger charge is 2.41. The molecule has 5 nitrogen and oxygen atoms in total. The first-order chi connectivity index (χ1) is 14.7.